The van der Waals surface area contributed by atoms with Crippen LogP contribution in [0.4, 0.5) is 0 Å². The highest BCUT2D eigenvalue weighted by Gasteiger charge is 2.19. The minimum atomic E-state index is -0.364. The molecule has 0 bridgehead atoms. The molecule has 29 heavy (non-hydrogen) atoms. The third-order valence-electron chi connectivity index (χ3n) is 5.13. The summed E-state index contributed by atoms with van der Waals surface area (Å²) in [6, 6.07) is 13.7. The number of rotatable bonds is 7. The van der Waals surface area contributed by atoms with Crippen LogP contribution in [-0.2, 0) is 23.1 Å². The number of alkyl halides is 1. The number of aryl methyl sites for hydroxylation is 2. The van der Waals surface area contributed by atoms with Gasteiger partial charge in [-0.1, -0.05) is 36.4 Å². The molecule has 1 heterocycles. The van der Waals surface area contributed by atoms with Gasteiger partial charge in [-0.3, -0.25) is 14.3 Å². The first-order valence-electron chi connectivity index (χ1n) is 9.49. The Morgan fingerprint density at radius 2 is 1.83 bits per heavy atom. The van der Waals surface area contributed by atoms with E-state index in [9.17, 15) is 9.59 Å². The Morgan fingerprint density at radius 1 is 1.10 bits per heavy atom. The van der Waals surface area contributed by atoms with E-state index < -0.39 is 0 Å². The van der Waals surface area contributed by atoms with E-state index in [1.165, 1.54) is 0 Å². The van der Waals surface area contributed by atoms with Crippen LogP contribution in [-0.4, -0.2) is 34.0 Å². The SMILES string of the molecule is Cc1nn(C)c(C)c1CC(=O)NC(CNC(=O)CCl)c1ccc2ccccc2c1. The molecule has 1 aromatic heterocycles. The number of amides is 2. The molecular formula is C22H25ClN4O2. The van der Waals surface area contributed by atoms with Gasteiger partial charge in [-0.05, 0) is 36.2 Å². The molecule has 6 nitrogen and oxygen atoms in total. The third kappa shape index (κ3) is 4.95. The molecule has 1 unspecified atom stereocenters. The van der Waals surface area contributed by atoms with Crippen LogP contribution >= 0.6 is 11.6 Å². The Hall–Kier alpha value is -2.86. The van der Waals surface area contributed by atoms with Gasteiger partial charge in [0.1, 0.15) is 5.88 Å². The van der Waals surface area contributed by atoms with Crippen LogP contribution in [0, 0.1) is 13.8 Å². The highest BCUT2D eigenvalue weighted by molar-refractivity contribution is 6.27. The number of benzene rings is 2. The van der Waals surface area contributed by atoms with Crippen molar-refractivity contribution in [1.82, 2.24) is 20.4 Å². The second-order valence-electron chi connectivity index (χ2n) is 7.11. The van der Waals surface area contributed by atoms with Crippen molar-refractivity contribution >= 4 is 34.2 Å². The van der Waals surface area contributed by atoms with E-state index in [1.807, 2.05) is 63.4 Å². The minimum Gasteiger partial charge on any atom is -0.353 e. The van der Waals surface area contributed by atoms with E-state index in [2.05, 4.69) is 15.7 Å². The number of fused-ring (bicyclic) bond motifs is 1. The molecule has 2 N–H and O–H groups in total. The molecule has 0 aliphatic rings. The molecule has 3 rings (SSSR count). The fraction of sp³-hybridized carbons (Fsp3) is 0.318. The van der Waals surface area contributed by atoms with Crippen LogP contribution in [0.2, 0.25) is 0 Å². The molecule has 2 amide bonds. The van der Waals surface area contributed by atoms with Crippen LogP contribution in [0.25, 0.3) is 10.8 Å². The molecule has 0 radical (unpaired) electrons. The first-order chi connectivity index (χ1) is 13.9. The maximum Gasteiger partial charge on any atom is 0.235 e. The molecular weight excluding hydrogens is 388 g/mol. The van der Waals surface area contributed by atoms with Gasteiger partial charge < -0.3 is 10.6 Å². The largest absolute Gasteiger partial charge is 0.353 e. The fourth-order valence-corrected chi connectivity index (χ4v) is 3.51. The van der Waals surface area contributed by atoms with E-state index in [4.69, 9.17) is 11.6 Å². The van der Waals surface area contributed by atoms with Gasteiger partial charge in [0.2, 0.25) is 11.8 Å². The van der Waals surface area contributed by atoms with Crippen molar-refractivity contribution in [2.24, 2.45) is 7.05 Å². The topological polar surface area (TPSA) is 76.0 Å². The lowest BCUT2D eigenvalue weighted by Gasteiger charge is -2.20. The average Bonchev–Trinajstić information content (AvgIpc) is 2.96. The molecule has 2 aromatic carbocycles. The minimum absolute atomic E-state index is 0.119. The van der Waals surface area contributed by atoms with Crippen LogP contribution in [0.15, 0.2) is 42.5 Å². The van der Waals surface area contributed by atoms with Gasteiger partial charge in [-0.25, -0.2) is 0 Å². The smallest absolute Gasteiger partial charge is 0.235 e. The van der Waals surface area contributed by atoms with Crippen LogP contribution in [0.5, 0.6) is 0 Å². The number of carbonyl (C=O) groups excluding carboxylic acids is 2. The van der Waals surface area contributed by atoms with Crippen LogP contribution in [0.3, 0.4) is 0 Å². The predicted octanol–water partition coefficient (Wildman–Crippen LogP) is 2.95. The van der Waals surface area contributed by atoms with Crippen LogP contribution < -0.4 is 10.6 Å². The number of carbonyl (C=O) groups is 2. The Morgan fingerprint density at radius 3 is 2.48 bits per heavy atom. The third-order valence-corrected chi connectivity index (χ3v) is 5.37. The van der Waals surface area contributed by atoms with E-state index in [0.717, 1.165) is 33.3 Å². The zero-order valence-electron chi connectivity index (χ0n) is 16.8. The summed E-state index contributed by atoms with van der Waals surface area (Å²) in [6.07, 6.45) is 0.235. The van der Waals surface area contributed by atoms with Gasteiger partial charge >= 0.3 is 0 Å². The van der Waals surface area contributed by atoms with Crippen LogP contribution in [0.1, 0.15) is 28.6 Å². The molecule has 152 valence electrons. The van der Waals surface area contributed by atoms with Gasteiger partial charge in [-0.2, -0.15) is 5.10 Å². The number of halogens is 1. The summed E-state index contributed by atoms with van der Waals surface area (Å²) in [5, 5.41) is 12.4. The van der Waals surface area contributed by atoms with E-state index in [1.54, 1.807) is 4.68 Å². The standard InChI is InChI=1S/C22H25ClN4O2/c1-14-19(15(2)27(3)26-14)11-21(28)25-20(13-24-22(29)12-23)18-9-8-16-6-4-5-7-17(16)10-18/h4-10,20H,11-13H2,1-3H3,(H,24,29)(H,25,28). The first kappa shape index (κ1) is 20.9. The van der Waals surface area contributed by atoms with Crippen molar-refractivity contribution in [1.29, 1.82) is 0 Å². The van der Waals surface area contributed by atoms with Gasteiger partial charge in [0.05, 0.1) is 18.2 Å². The van der Waals surface area contributed by atoms with Gasteiger partial charge in [0, 0.05) is 24.8 Å². The van der Waals surface area contributed by atoms with Gasteiger partial charge in [-0.15, -0.1) is 11.6 Å². The molecule has 0 aliphatic carbocycles. The molecule has 0 fully saturated rings. The second-order valence-corrected chi connectivity index (χ2v) is 7.38. The summed E-state index contributed by atoms with van der Waals surface area (Å²) >= 11 is 5.60. The lowest BCUT2D eigenvalue weighted by molar-refractivity contribution is -0.122. The summed E-state index contributed by atoms with van der Waals surface area (Å²) < 4.78 is 1.78. The quantitative estimate of drug-likeness (QED) is 0.586. The molecule has 0 aliphatic heterocycles. The van der Waals surface area contributed by atoms with Crippen molar-refractivity contribution < 1.29 is 9.59 Å². The maximum atomic E-state index is 12.8. The first-order valence-corrected chi connectivity index (χ1v) is 10.0. The highest BCUT2D eigenvalue weighted by Crippen LogP contribution is 2.21. The van der Waals surface area contributed by atoms with Crippen molar-refractivity contribution in [2.45, 2.75) is 26.3 Å². The maximum absolute atomic E-state index is 12.8. The van der Waals surface area contributed by atoms with E-state index in [0.29, 0.717) is 0 Å². The summed E-state index contributed by atoms with van der Waals surface area (Å²) in [4.78, 5) is 24.5. The zero-order valence-corrected chi connectivity index (χ0v) is 17.6. The Labute approximate surface area is 175 Å². The number of nitrogens with one attached hydrogen (secondary N) is 2. The second kappa shape index (κ2) is 9.09. The van der Waals surface area contributed by atoms with Crippen molar-refractivity contribution in [3.8, 4) is 0 Å². The fourth-order valence-electron chi connectivity index (χ4n) is 3.42. The normalized spacial score (nSPS) is 12.0. The van der Waals surface area contributed by atoms with Crippen molar-refractivity contribution in [2.75, 3.05) is 12.4 Å². The van der Waals surface area contributed by atoms with Gasteiger partial charge in [0.15, 0.2) is 0 Å². The summed E-state index contributed by atoms with van der Waals surface area (Å²) in [5.41, 5.74) is 3.66. The predicted molar refractivity (Wildman–Crippen MR) is 115 cm³/mol. The van der Waals surface area contributed by atoms with Gasteiger partial charge in [0.25, 0.3) is 0 Å². The molecule has 0 saturated carbocycles. The lowest BCUT2D eigenvalue weighted by atomic mass is 10.0. The molecule has 1 atom stereocenters. The van der Waals surface area contributed by atoms with Crippen molar-refractivity contribution in [3.63, 3.8) is 0 Å². The molecule has 0 saturated heterocycles. The summed E-state index contributed by atoms with van der Waals surface area (Å²) in [5.74, 6) is -0.514. The summed E-state index contributed by atoms with van der Waals surface area (Å²) in [6.45, 7) is 4.11. The molecule has 0 spiro atoms. The Balaban J connectivity index is 1.82. The summed E-state index contributed by atoms with van der Waals surface area (Å²) in [7, 11) is 1.86. The number of aromatic nitrogens is 2. The number of nitrogens with zero attached hydrogens (tertiary/aromatic N) is 2. The monoisotopic (exact) mass is 412 g/mol. The molecule has 7 heteroatoms. The molecule has 3 aromatic rings. The Bertz CT molecular complexity index is 1040. The van der Waals surface area contributed by atoms with E-state index in [-0.39, 0.29) is 36.7 Å². The highest BCUT2D eigenvalue weighted by atomic mass is 35.5. The van der Waals surface area contributed by atoms with E-state index >= 15 is 0 Å². The Kier molecular flexibility index (Phi) is 6.54. The lowest BCUT2D eigenvalue weighted by Crippen LogP contribution is -2.39. The number of hydrogen-bond donors (Lipinski definition) is 2. The average molecular weight is 413 g/mol. The van der Waals surface area contributed by atoms with Crippen molar-refractivity contribution in [3.05, 3.63) is 65.0 Å². The zero-order chi connectivity index (χ0) is 21.0. The number of hydrogen-bond acceptors (Lipinski definition) is 3.